The predicted octanol–water partition coefficient (Wildman–Crippen LogP) is -0.877. The van der Waals surface area contributed by atoms with Crippen LogP contribution in [-0.4, -0.2) is 22.2 Å². The van der Waals surface area contributed by atoms with Crippen molar-refractivity contribution in [3.63, 3.8) is 0 Å². The lowest BCUT2D eigenvalue weighted by Crippen LogP contribution is -1.78. The first-order chi connectivity index (χ1) is 2.56. The highest BCUT2D eigenvalue weighted by molar-refractivity contribution is 8.35. The summed E-state index contributed by atoms with van der Waals surface area (Å²) < 4.78 is 4.86. The first-order valence-electron chi connectivity index (χ1n) is 1.67. The molecule has 0 unspecified atom stereocenters. The van der Waals surface area contributed by atoms with Crippen LogP contribution in [0.25, 0.3) is 0 Å². The van der Waals surface area contributed by atoms with Gasteiger partial charge in [-0.1, -0.05) is 11.8 Å². The molecule has 0 saturated heterocycles. The van der Waals surface area contributed by atoms with E-state index in [0.29, 0.717) is 0 Å². The molecule has 0 atom stereocenters. The van der Waals surface area contributed by atoms with Gasteiger partial charge in [0, 0.05) is 7.11 Å². The van der Waals surface area contributed by atoms with Gasteiger partial charge in [-0.2, -0.15) is 0 Å². The van der Waals surface area contributed by atoms with E-state index in [1.54, 1.807) is 7.11 Å². The van der Waals surface area contributed by atoms with E-state index in [2.05, 4.69) is 0 Å². The van der Waals surface area contributed by atoms with Crippen molar-refractivity contribution < 1.29 is 4.52 Å². The van der Waals surface area contributed by atoms with Crippen molar-refractivity contribution in [3.05, 3.63) is 0 Å². The van der Waals surface area contributed by atoms with E-state index in [-0.39, 0.29) is 0 Å². The number of hydrogen-bond acceptors (Lipinski definition) is 2. The fourth-order valence-corrected chi connectivity index (χ4v) is 0. The lowest BCUT2D eigenvalue weighted by Gasteiger charge is -2.03. The van der Waals surface area contributed by atoms with E-state index in [4.69, 9.17) is 16.3 Å². The minimum atomic E-state index is -1.31. The van der Waals surface area contributed by atoms with E-state index in [0.717, 1.165) is 0 Å². The summed E-state index contributed by atoms with van der Waals surface area (Å²) in [5.74, 6) is 0. The molecule has 0 aliphatic carbocycles. The van der Waals surface area contributed by atoms with Crippen molar-refractivity contribution in [1.29, 1.82) is 0 Å². The van der Waals surface area contributed by atoms with E-state index in [1.165, 1.54) is 0 Å². The Morgan fingerprint density at radius 3 is 1.83 bits per heavy atom. The predicted molar refractivity (Wildman–Crippen MR) is 38.4 cm³/mol. The topological polar surface area (TPSA) is 9.23 Å². The second-order valence-electron chi connectivity index (χ2n) is 1.43. The van der Waals surface area contributed by atoms with Crippen molar-refractivity contribution in [1.82, 2.24) is 0 Å². The van der Waals surface area contributed by atoms with Crippen LogP contribution in [0.2, 0.25) is 0 Å². The fraction of sp³-hybridized carbons (Fsp3) is 1.00. The quantitative estimate of drug-likeness (QED) is 0.328. The fourth-order valence-electron chi connectivity index (χ4n) is 0. The summed E-state index contributed by atoms with van der Waals surface area (Å²) in [6, 6.07) is -1.31. The van der Waals surface area contributed by atoms with Gasteiger partial charge in [-0.15, -0.1) is 0 Å². The molecule has 5 heteroatoms. The van der Waals surface area contributed by atoms with Crippen LogP contribution in [0.4, 0.5) is 0 Å². The van der Waals surface area contributed by atoms with Crippen LogP contribution in [0.1, 0.15) is 0 Å². The molecule has 6 heavy (non-hydrogen) atoms. The minimum absolute atomic E-state index is 1.31. The molecule has 0 saturated carbocycles. The van der Waals surface area contributed by atoms with Crippen LogP contribution in [0.5, 0.6) is 0 Å². The summed E-state index contributed by atoms with van der Waals surface area (Å²) in [7, 11) is 5.55. The highest BCUT2D eigenvalue weighted by atomic mass is 32.4. The average molecular weight is 120 g/mol. The van der Waals surface area contributed by atoms with Crippen LogP contribution in [-0.2, 0) is 16.3 Å². The maximum atomic E-state index is 4.88. The van der Waals surface area contributed by atoms with Gasteiger partial charge in [0.05, 0.1) is 0 Å². The van der Waals surface area contributed by atoms with Crippen LogP contribution in [0, 0.1) is 0 Å². The summed E-state index contributed by atoms with van der Waals surface area (Å²) >= 11 is 4.88. The van der Waals surface area contributed by atoms with Crippen molar-refractivity contribution in [3.8, 4) is 0 Å². The highest BCUT2D eigenvalue weighted by Gasteiger charge is 1.93. The third kappa shape index (κ3) is 4.74. The standard InChI is InChI=1S/CH7B2OPS/c1-4-5(2,3)6/h2-3H2,1H3. The SMILES string of the molecule is BP(B)(=S)OC. The first-order valence-corrected chi connectivity index (χ1v) is 5.28. The molecule has 0 rings (SSSR count). The van der Waals surface area contributed by atoms with Crippen LogP contribution in [0.3, 0.4) is 0 Å². The molecule has 0 aliphatic heterocycles. The van der Waals surface area contributed by atoms with Crippen molar-refractivity contribution in [2.24, 2.45) is 0 Å². The summed E-state index contributed by atoms with van der Waals surface area (Å²) in [6.45, 7) is 0. The zero-order valence-electron chi connectivity index (χ0n) is 4.26. The number of hydrogen-bond donors (Lipinski definition) is 0. The monoisotopic (exact) mass is 120 g/mol. The molecule has 0 aromatic heterocycles. The van der Waals surface area contributed by atoms with Gasteiger partial charge in [0.1, 0.15) is 0 Å². The molecule has 0 bridgehead atoms. The summed E-state index contributed by atoms with van der Waals surface area (Å²) in [4.78, 5) is 0. The Hall–Kier alpha value is 0.740. The van der Waals surface area contributed by atoms with E-state index >= 15 is 0 Å². The first kappa shape index (κ1) is 6.74. The second kappa shape index (κ2) is 2.15. The Kier molecular flexibility index (Phi) is 2.42. The molecule has 0 N–H and O–H groups in total. The number of rotatable bonds is 1. The maximum Gasteiger partial charge on any atom is 0.168 e. The van der Waals surface area contributed by atoms with Gasteiger partial charge in [0.15, 0.2) is 15.1 Å². The third-order valence-electron chi connectivity index (χ3n) is 0.440. The largest absolute Gasteiger partial charge is 0.373 e. The highest BCUT2D eigenvalue weighted by Crippen LogP contribution is 2.32. The van der Waals surface area contributed by atoms with E-state index in [1.807, 2.05) is 15.1 Å². The molecular formula is CH7B2OPS. The molecule has 0 heterocycles. The van der Waals surface area contributed by atoms with Crippen molar-refractivity contribution >= 4 is 33.0 Å². The van der Waals surface area contributed by atoms with Gasteiger partial charge < -0.3 is 4.52 Å². The zero-order chi connectivity index (χ0) is 5.21. The summed E-state index contributed by atoms with van der Waals surface area (Å²) in [5.41, 5.74) is 0. The van der Waals surface area contributed by atoms with Crippen LogP contribution >= 0.6 is 6.02 Å². The molecule has 1 nitrogen and oxygen atoms in total. The third-order valence-corrected chi connectivity index (χ3v) is 1.77. The van der Waals surface area contributed by atoms with Crippen molar-refractivity contribution in [2.75, 3.05) is 7.11 Å². The van der Waals surface area contributed by atoms with Gasteiger partial charge in [-0.25, -0.2) is 0 Å². The molecule has 0 amide bonds. The van der Waals surface area contributed by atoms with E-state index in [9.17, 15) is 0 Å². The van der Waals surface area contributed by atoms with Gasteiger partial charge in [0.25, 0.3) is 0 Å². The molecule has 0 spiro atoms. The molecule has 34 valence electrons. The van der Waals surface area contributed by atoms with Gasteiger partial charge in [-0.05, 0) is 6.02 Å². The van der Waals surface area contributed by atoms with Crippen molar-refractivity contribution in [2.45, 2.75) is 0 Å². The Balaban J connectivity index is 3.48. The maximum absolute atomic E-state index is 4.88. The lowest BCUT2D eigenvalue weighted by molar-refractivity contribution is 0.479. The second-order valence-corrected chi connectivity index (χ2v) is 6.94. The Morgan fingerprint density at radius 2 is 1.83 bits per heavy atom. The smallest absolute Gasteiger partial charge is 0.168 e. The summed E-state index contributed by atoms with van der Waals surface area (Å²) in [5, 5.41) is 0. The van der Waals surface area contributed by atoms with Gasteiger partial charge >= 0.3 is 0 Å². The molecule has 0 aromatic rings. The molecule has 0 fully saturated rings. The molecule has 0 aliphatic rings. The average Bonchev–Trinajstić information content (AvgIpc) is 1.35. The molecule has 0 radical (unpaired) electrons. The Labute approximate surface area is 45.3 Å². The van der Waals surface area contributed by atoms with Gasteiger partial charge in [-0.3, -0.25) is 0 Å². The summed E-state index contributed by atoms with van der Waals surface area (Å²) in [6.07, 6.45) is 0. The molecule has 0 aromatic carbocycles. The Morgan fingerprint density at radius 1 is 1.67 bits per heavy atom. The minimum Gasteiger partial charge on any atom is -0.373 e. The normalized spacial score (nSPS) is 11.5. The van der Waals surface area contributed by atoms with E-state index < -0.39 is 6.02 Å². The van der Waals surface area contributed by atoms with Gasteiger partial charge in [0.2, 0.25) is 0 Å². The zero-order valence-corrected chi connectivity index (χ0v) is 5.97. The lowest BCUT2D eigenvalue weighted by atomic mass is 10.7. The van der Waals surface area contributed by atoms with Crippen LogP contribution in [0.15, 0.2) is 0 Å². The molecular weight excluding hydrogens is 113 g/mol. The Bertz CT molecular complexity index is 77.6. The van der Waals surface area contributed by atoms with Crippen LogP contribution < -0.4 is 0 Å².